The van der Waals surface area contributed by atoms with Crippen LogP contribution in [-0.4, -0.2) is 44.6 Å². The summed E-state index contributed by atoms with van der Waals surface area (Å²) in [5.74, 6) is 0. The van der Waals surface area contributed by atoms with E-state index < -0.39 is 15.6 Å². The third-order valence-electron chi connectivity index (χ3n) is 3.50. The van der Waals surface area contributed by atoms with Crippen molar-refractivity contribution in [1.29, 1.82) is 0 Å². The van der Waals surface area contributed by atoms with Gasteiger partial charge in [-0.05, 0) is 43.8 Å². The number of hydrogen-bond acceptors (Lipinski definition) is 5. The molecule has 1 aromatic rings. The fourth-order valence-electron chi connectivity index (χ4n) is 2.39. The lowest BCUT2D eigenvalue weighted by Gasteiger charge is -2.40. The van der Waals surface area contributed by atoms with Crippen LogP contribution in [-0.2, 0) is 21.3 Å². The van der Waals surface area contributed by atoms with Crippen LogP contribution in [0.3, 0.4) is 0 Å². The van der Waals surface area contributed by atoms with E-state index in [-0.39, 0.29) is 0 Å². The van der Waals surface area contributed by atoms with Crippen LogP contribution in [0.5, 0.6) is 0 Å². The Labute approximate surface area is 131 Å². The lowest BCUT2D eigenvalue weighted by molar-refractivity contribution is -0.00761. The van der Waals surface area contributed by atoms with E-state index >= 15 is 0 Å². The summed E-state index contributed by atoms with van der Waals surface area (Å²) in [6.45, 7) is 8.87. The van der Waals surface area contributed by atoms with Crippen molar-refractivity contribution in [3.63, 3.8) is 0 Å². The maximum Gasteiger partial charge on any atom is 0.253 e. The van der Waals surface area contributed by atoms with Crippen molar-refractivity contribution in [2.45, 2.75) is 43.5 Å². The van der Waals surface area contributed by atoms with Gasteiger partial charge in [-0.2, -0.15) is 4.31 Å². The molecule has 0 aliphatic carbocycles. The molecule has 2 heterocycles. The van der Waals surface area contributed by atoms with Crippen molar-refractivity contribution in [1.82, 2.24) is 9.62 Å². The second kappa shape index (κ2) is 6.75. The Kier molecular flexibility index (Phi) is 5.43. The molecule has 1 aromatic heterocycles. The molecular formula is C14H24N2O3S2. The van der Waals surface area contributed by atoms with E-state index in [1.807, 2.05) is 19.2 Å². The van der Waals surface area contributed by atoms with Gasteiger partial charge in [0.25, 0.3) is 10.0 Å². The van der Waals surface area contributed by atoms with Crippen LogP contribution in [0, 0.1) is 0 Å². The zero-order valence-electron chi connectivity index (χ0n) is 12.9. The average Bonchev–Trinajstić information content (AvgIpc) is 2.88. The Morgan fingerprint density at radius 3 is 2.90 bits per heavy atom. The maximum atomic E-state index is 12.8. The summed E-state index contributed by atoms with van der Waals surface area (Å²) in [6, 6.07) is 1.79. The van der Waals surface area contributed by atoms with Crippen LogP contribution in [0.15, 0.2) is 15.7 Å². The summed E-state index contributed by atoms with van der Waals surface area (Å²) < 4.78 is 33.0. The van der Waals surface area contributed by atoms with E-state index in [1.165, 1.54) is 11.3 Å². The molecule has 1 aliphatic rings. The number of morpholine rings is 1. The summed E-state index contributed by atoms with van der Waals surface area (Å²) >= 11 is 1.30. The number of ether oxygens (including phenoxy) is 1. The normalized spacial score (nSPS) is 19.8. The van der Waals surface area contributed by atoms with E-state index in [9.17, 15) is 8.42 Å². The maximum absolute atomic E-state index is 12.8. The van der Waals surface area contributed by atoms with Crippen molar-refractivity contribution >= 4 is 21.4 Å². The number of nitrogens with zero attached hydrogens (tertiary/aromatic N) is 1. The van der Waals surface area contributed by atoms with Gasteiger partial charge in [0.15, 0.2) is 0 Å². The first kappa shape index (κ1) is 16.9. The van der Waals surface area contributed by atoms with Crippen molar-refractivity contribution in [3.05, 3.63) is 17.0 Å². The second-order valence-corrected chi connectivity index (χ2v) is 8.89. The molecule has 1 aliphatic heterocycles. The predicted molar refractivity (Wildman–Crippen MR) is 85.1 cm³/mol. The smallest absolute Gasteiger partial charge is 0.253 e. The molecule has 1 N–H and O–H groups in total. The van der Waals surface area contributed by atoms with Gasteiger partial charge >= 0.3 is 0 Å². The molecule has 0 aromatic carbocycles. The number of rotatable bonds is 6. The van der Waals surface area contributed by atoms with E-state index in [0.717, 1.165) is 18.5 Å². The molecule has 0 spiro atoms. The van der Waals surface area contributed by atoms with E-state index in [2.05, 4.69) is 12.2 Å². The highest BCUT2D eigenvalue weighted by Gasteiger charge is 2.40. The SMILES string of the molecule is CCCNCc1csc(S(=O)(=O)N2CCOCC2(C)C)c1. The highest BCUT2D eigenvalue weighted by Crippen LogP contribution is 2.30. The minimum absolute atomic E-state index is 0.413. The van der Waals surface area contributed by atoms with Gasteiger partial charge in [0, 0.05) is 13.1 Å². The Balaban J connectivity index is 2.15. The quantitative estimate of drug-likeness (QED) is 0.810. The van der Waals surface area contributed by atoms with Crippen molar-refractivity contribution in [3.8, 4) is 0 Å². The molecule has 0 unspecified atom stereocenters. The molecule has 120 valence electrons. The molecule has 0 atom stereocenters. The van der Waals surface area contributed by atoms with E-state index in [1.54, 1.807) is 10.4 Å². The van der Waals surface area contributed by atoms with Gasteiger partial charge in [-0.25, -0.2) is 8.42 Å². The minimum Gasteiger partial charge on any atom is -0.378 e. The Hall–Kier alpha value is -0.470. The standard InChI is InChI=1S/C14H24N2O3S2/c1-4-5-15-9-12-8-13(20-10-12)21(17,18)16-6-7-19-11-14(16,2)3/h8,10,15H,4-7,9,11H2,1-3H3. The molecule has 0 amide bonds. The largest absolute Gasteiger partial charge is 0.378 e. The molecule has 21 heavy (non-hydrogen) atoms. The van der Waals surface area contributed by atoms with Crippen LogP contribution in [0.2, 0.25) is 0 Å². The van der Waals surface area contributed by atoms with Gasteiger partial charge in [0.05, 0.1) is 18.8 Å². The van der Waals surface area contributed by atoms with E-state index in [4.69, 9.17) is 4.74 Å². The number of thiophene rings is 1. The zero-order chi connectivity index (χ0) is 15.5. The second-order valence-electron chi connectivity index (χ2n) is 5.89. The third kappa shape index (κ3) is 3.84. The van der Waals surface area contributed by atoms with Crippen LogP contribution < -0.4 is 5.32 Å². The van der Waals surface area contributed by atoms with Gasteiger partial charge in [-0.1, -0.05) is 6.92 Å². The Morgan fingerprint density at radius 1 is 1.48 bits per heavy atom. The molecule has 5 nitrogen and oxygen atoms in total. The fraction of sp³-hybridized carbons (Fsp3) is 0.714. The molecular weight excluding hydrogens is 308 g/mol. The first-order chi connectivity index (χ1) is 9.88. The monoisotopic (exact) mass is 332 g/mol. The Bertz CT molecular complexity index is 567. The number of hydrogen-bond donors (Lipinski definition) is 1. The minimum atomic E-state index is -3.44. The molecule has 1 saturated heterocycles. The van der Waals surface area contributed by atoms with Crippen LogP contribution in [0.1, 0.15) is 32.8 Å². The molecule has 7 heteroatoms. The molecule has 0 bridgehead atoms. The van der Waals surface area contributed by atoms with Crippen molar-refractivity contribution in [2.75, 3.05) is 26.3 Å². The summed E-state index contributed by atoms with van der Waals surface area (Å²) in [5, 5.41) is 5.21. The van der Waals surface area contributed by atoms with Gasteiger partial charge in [0.1, 0.15) is 4.21 Å². The van der Waals surface area contributed by atoms with Crippen molar-refractivity contribution in [2.24, 2.45) is 0 Å². The lowest BCUT2D eigenvalue weighted by Crippen LogP contribution is -2.55. The van der Waals surface area contributed by atoms with Gasteiger partial charge < -0.3 is 10.1 Å². The summed E-state index contributed by atoms with van der Waals surface area (Å²) in [5.41, 5.74) is 0.528. The molecule has 1 fully saturated rings. The average molecular weight is 332 g/mol. The Morgan fingerprint density at radius 2 is 2.24 bits per heavy atom. The van der Waals surface area contributed by atoms with Crippen LogP contribution in [0.25, 0.3) is 0 Å². The fourth-order valence-corrected chi connectivity index (χ4v) is 5.46. The highest BCUT2D eigenvalue weighted by atomic mass is 32.2. The number of nitrogens with one attached hydrogen (secondary N) is 1. The first-order valence-electron chi connectivity index (χ1n) is 7.26. The van der Waals surface area contributed by atoms with Crippen molar-refractivity contribution < 1.29 is 13.2 Å². The summed E-state index contributed by atoms with van der Waals surface area (Å²) in [7, 11) is -3.44. The lowest BCUT2D eigenvalue weighted by atomic mass is 10.1. The summed E-state index contributed by atoms with van der Waals surface area (Å²) in [6.07, 6.45) is 1.07. The van der Waals surface area contributed by atoms with Gasteiger partial charge in [0.2, 0.25) is 0 Å². The van der Waals surface area contributed by atoms with Gasteiger partial charge in [-0.15, -0.1) is 11.3 Å². The third-order valence-corrected chi connectivity index (χ3v) is 7.07. The molecule has 2 rings (SSSR count). The zero-order valence-corrected chi connectivity index (χ0v) is 14.5. The molecule has 0 saturated carbocycles. The molecule has 0 radical (unpaired) electrons. The first-order valence-corrected chi connectivity index (χ1v) is 9.58. The van der Waals surface area contributed by atoms with Crippen LogP contribution in [0.4, 0.5) is 0 Å². The number of sulfonamides is 1. The highest BCUT2D eigenvalue weighted by molar-refractivity contribution is 7.91. The van der Waals surface area contributed by atoms with E-state index in [0.29, 0.717) is 30.5 Å². The predicted octanol–water partition coefficient (Wildman–Crippen LogP) is 2.05. The summed E-state index contributed by atoms with van der Waals surface area (Å²) in [4.78, 5) is 0. The van der Waals surface area contributed by atoms with Crippen LogP contribution >= 0.6 is 11.3 Å². The van der Waals surface area contributed by atoms with Gasteiger partial charge in [-0.3, -0.25) is 0 Å². The topological polar surface area (TPSA) is 58.6 Å².